The first-order valence-electron chi connectivity index (χ1n) is 3.63. The highest BCUT2D eigenvalue weighted by atomic mass is 14.2. The zero-order valence-corrected chi connectivity index (χ0v) is 6.59. The van der Waals surface area contributed by atoms with Crippen LogP contribution in [0.25, 0.3) is 0 Å². The minimum Gasteiger partial charge on any atom is -0.192 e. The van der Waals surface area contributed by atoms with Crippen molar-refractivity contribution in [3.63, 3.8) is 0 Å². The van der Waals surface area contributed by atoms with Gasteiger partial charge in [0.05, 0.1) is 11.6 Å². The maximum absolute atomic E-state index is 8.70. The molecule has 11 heavy (non-hydrogen) atoms. The molecule has 0 atom stereocenters. The van der Waals surface area contributed by atoms with Crippen LogP contribution in [-0.2, 0) is 6.42 Å². The average molecular weight is 144 g/mol. The Kier molecular flexibility index (Phi) is 2.28. The molecule has 0 bridgehead atoms. The smallest absolute Gasteiger partial charge is 0.0994 e. The molecule has 1 nitrogen and oxygen atoms in total. The molecule has 0 aromatic heterocycles. The number of nitrogens with zero attached hydrogens (tertiary/aromatic N) is 1. The molecule has 1 aromatic carbocycles. The SMILES string of the molecule is [CH2]c1cccc(C#N)c1CC. The number of hydrogen-bond donors (Lipinski definition) is 0. The third-order valence-corrected chi connectivity index (χ3v) is 1.75. The van der Waals surface area contributed by atoms with Crippen molar-refractivity contribution in [2.75, 3.05) is 0 Å². The van der Waals surface area contributed by atoms with Gasteiger partial charge in [0.1, 0.15) is 0 Å². The van der Waals surface area contributed by atoms with Crippen molar-refractivity contribution in [2.24, 2.45) is 0 Å². The van der Waals surface area contributed by atoms with Crippen molar-refractivity contribution in [3.05, 3.63) is 41.8 Å². The average Bonchev–Trinajstić information content (AvgIpc) is 2.04. The van der Waals surface area contributed by atoms with Gasteiger partial charge in [-0.2, -0.15) is 5.26 Å². The van der Waals surface area contributed by atoms with Crippen LogP contribution in [0.3, 0.4) is 0 Å². The highest BCUT2D eigenvalue weighted by Gasteiger charge is 2.00. The topological polar surface area (TPSA) is 23.8 Å². The Morgan fingerprint density at radius 1 is 1.55 bits per heavy atom. The summed E-state index contributed by atoms with van der Waals surface area (Å²) in [4.78, 5) is 0. The van der Waals surface area contributed by atoms with E-state index in [2.05, 4.69) is 13.0 Å². The zero-order valence-electron chi connectivity index (χ0n) is 6.59. The van der Waals surface area contributed by atoms with E-state index < -0.39 is 0 Å². The Morgan fingerprint density at radius 3 is 2.73 bits per heavy atom. The third-order valence-electron chi connectivity index (χ3n) is 1.75. The lowest BCUT2D eigenvalue weighted by Crippen LogP contribution is -1.90. The Morgan fingerprint density at radius 2 is 2.27 bits per heavy atom. The van der Waals surface area contributed by atoms with E-state index in [1.165, 1.54) is 0 Å². The molecule has 1 heteroatoms. The number of rotatable bonds is 1. The van der Waals surface area contributed by atoms with Gasteiger partial charge in [0, 0.05) is 0 Å². The fourth-order valence-corrected chi connectivity index (χ4v) is 1.16. The van der Waals surface area contributed by atoms with E-state index in [1.54, 1.807) is 0 Å². The molecule has 0 N–H and O–H groups in total. The molecule has 1 rings (SSSR count). The van der Waals surface area contributed by atoms with Gasteiger partial charge in [-0.05, 0) is 30.5 Å². The fourth-order valence-electron chi connectivity index (χ4n) is 1.16. The summed E-state index contributed by atoms with van der Waals surface area (Å²) in [5.74, 6) is 0. The Labute approximate surface area is 67.3 Å². The van der Waals surface area contributed by atoms with E-state index >= 15 is 0 Å². The van der Waals surface area contributed by atoms with E-state index in [0.29, 0.717) is 0 Å². The highest BCUT2D eigenvalue weighted by molar-refractivity contribution is 5.43. The first-order valence-corrected chi connectivity index (χ1v) is 3.63. The molecule has 0 amide bonds. The van der Waals surface area contributed by atoms with Crippen LogP contribution in [0.5, 0.6) is 0 Å². The molecular formula is C10H10N. The maximum atomic E-state index is 8.70. The van der Waals surface area contributed by atoms with Crippen LogP contribution < -0.4 is 0 Å². The Balaban J connectivity index is 3.27. The van der Waals surface area contributed by atoms with Crippen LogP contribution in [0.15, 0.2) is 18.2 Å². The van der Waals surface area contributed by atoms with Crippen LogP contribution in [0.4, 0.5) is 0 Å². The predicted molar refractivity (Wildman–Crippen MR) is 45.0 cm³/mol. The second-order valence-corrected chi connectivity index (χ2v) is 2.41. The summed E-state index contributed by atoms with van der Waals surface area (Å²) in [6.07, 6.45) is 0.878. The summed E-state index contributed by atoms with van der Waals surface area (Å²) in [5, 5.41) is 8.70. The molecule has 55 valence electrons. The number of hydrogen-bond acceptors (Lipinski definition) is 1. The van der Waals surface area contributed by atoms with Crippen LogP contribution in [0.2, 0.25) is 0 Å². The fraction of sp³-hybridized carbons (Fsp3) is 0.200. The summed E-state index contributed by atoms with van der Waals surface area (Å²) < 4.78 is 0. The molecule has 1 aromatic rings. The molecule has 0 aliphatic carbocycles. The lowest BCUT2D eigenvalue weighted by molar-refractivity contribution is 1.11. The number of nitriles is 1. The normalized spacial score (nSPS) is 9.18. The van der Waals surface area contributed by atoms with Crippen molar-refractivity contribution >= 4 is 0 Å². The zero-order chi connectivity index (χ0) is 8.27. The van der Waals surface area contributed by atoms with Crippen LogP contribution in [0.1, 0.15) is 23.6 Å². The van der Waals surface area contributed by atoms with Gasteiger partial charge in [-0.3, -0.25) is 0 Å². The largest absolute Gasteiger partial charge is 0.192 e. The standard InChI is InChI=1S/C10H10N/c1-3-10-8(2)5-4-6-9(10)7-11/h4-6H,2-3H2,1H3. The molecule has 0 unspecified atom stereocenters. The summed E-state index contributed by atoms with van der Waals surface area (Å²) >= 11 is 0. The lowest BCUT2D eigenvalue weighted by atomic mass is 10.0. The van der Waals surface area contributed by atoms with Gasteiger partial charge in [-0.15, -0.1) is 0 Å². The quantitative estimate of drug-likeness (QED) is 0.593. The predicted octanol–water partition coefficient (Wildman–Crippen LogP) is 2.30. The minimum absolute atomic E-state index is 0.750. The van der Waals surface area contributed by atoms with Crippen LogP contribution in [-0.4, -0.2) is 0 Å². The third kappa shape index (κ3) is 1.40. The lowest BCUT2D eigenvalue weighted by Gasteiger charge is -2.02. The first-order chi connectivity index (χ1) is 5.29. The molecule has 0 saturated carbocycles. The van der Waals surface area contributed by atoms with E-state index in [-0.39, 0.29) is 0 Å². The van der Waals surface area contributed by atoms with E-state index in [4.69, 9.17) is 5.26 Å². The van der Waals surface area contributed by atoms with Gasteiger partial charge in [0.2, 0.25) is 0 Å². The van der Waals surface area contributed by atoms with Gasteiger partial charge in [0.25, 0.3) is 0 Å². The second-order valence-electron chi connectivity index (χ2n) is 2.41. The summed E-state index contributed by atoms with van der Waals surface area (Å²) in [6.45, 7) is 5.88. The molecule has 0 heterocycles. The van der Waals surface area contributed by atoms with Gasteiger partial charge in [-0.1, -0.05) is 19.1 Å². The summed E-state index contributed by atoms with van der Waals surface area (Å²) in [5.41, 5.74) is 2.78. The maximum Gasteiger partial charge on any atom is 0.0994 e. The summed E-state index contributed by atoms with van der Waals surface area (Å²) in [7, 11) is 0. The first kappa shape index (κ1) is 7.81. The van der Waals surface area contributed by atoms with Crippen molar-refractivity contribution < 1.29 is 0 Å². The van der Waals surface area contributed by atoms with Crippen molar-refractivity contribution in [1.82, 2.24) is 0 Å². The Bertz CT molecular complexity index is 294. The van der Waals surface area contributed by atoms with Gasteiger partial charge < -0.3 is 0 Å². The minimum atomic E-state index is 0.750. The molecule has 0 spiro atoms. The van der Waals surface area contributed by atoms with E-state index in [9.17, 15) is 0 Å². The molecule has 0 fully saturated rings. The van der Waals surface area contributed by atoms with Crippen LogP contribution >= 0.6 is 0 Å². The van der Waals surface area contributed by atoms with Gasteiger partial charge in [0.15, 0.2) is 0 Å². The molecular weight excluding hydrogens is 134 g/mol. The summed E-state index contributed by atoms with van der Waals surface area (Å²) in [6, 6.07) is 7.77. The van der Waals surface area contributed by atoms with E-state index in [0.717, 1.165) is 23.1 Å². The van der Waals surface area contributed by atoms with Crippen molar-refractivity contribution in [3.8, 4) is 6.07 Å². The molecule has 0 aliphatic heterocycles. The number of benzene rings is 1. The molecule has 0 aliphatic rings. The monoisotopic (exact) mass is 144 g/mol. The van der Waals surface area contributed by atoms with Gasteiger partial charge >= 0.3 is 0 Å². The van der Waals surface area contributed by atoms with Crippen molar-refractivity contribution in [2.45, 2.75) is 13.3 Å². The molecule has 1 radical (unpaired) electrons. The second kappa shape index (κ2) is 3.21. The van der Waals surface area contributed by atoms with Gasteiger partial charge in [-0.25, -0.2) is 0 Å². The van der Waals surface area contributed by atoms with E-state index in [1.807, 2.05) is 25.1 Å². The van der Waals surface area contributed by atoms with Crippen molar-refractivity contribution in [1.29, 1.82) is 5.26 Å². The Hall–Kier alpha value is -1.29. The highest BCUT2D eigenvalue weighted by Crippen LogP contribution is 2.13. The molecule has 0 saturated heterocycles. The van der Waals surface area contributed by atoms with Crippen LogP contribution in [0, 0.1) is 18.3 Å².